The molecule has 0 unspecified atom stereocenters. The summed E-state index contributed by atoms with van der Waals surface area (Å²) >= 11 is 0. The van der Waals surface area contributed by atoms with E-state index in [1.54, 1.807) is 6.20 Å². The van der Waals surface area contributed by atoms with Crippen LogP contribution in [0.5, 0.6) is 0 Å². The fourth-order valence-electron chi connectivity index (χ4n) is 5.28. The molecule has 0 bridgehead atoms. The van der Waals surface area contributed by atoms with Crippen LogP contribution < -0.4 is 0 Å². The van der Waals surface area contributed by atoms with Crippen LogP contribution in [-0.4, -0.2) is 70.8 Å². The monoisotopic (exact) mass is 384 g/mol. The molecule has 0 aromatic carbocycles. The number of nitrogens with zero attached hydrogens (tertiary/aromatic N) is 4. The summed E-state index contributed by atoms with van der Waals surface area (Å²) in [4.78, 5) is 36.6. The predicted octanol–water partition coefficient (Wildman–Crippen LogP) is 2.30. The van der Waals surface area contributed by atoms with Gasteiger partial charge in [0.05, 0.1) is 17.7 Å². The second kappa shape index (κ2) is 8.19. The van der Waals surface area contributed by atoms with Crippen LogP contribution in [0.25, 0.3) is 0 Å². The van der Waals surface area contributed by atoms with Crippen LogP contribution in [0.3, 0.4) is 0 Å². The maximum Gasteiger partial charge on any atom is 0.236 e. The number of carbonyl (C=O) groups is 2. The Labute approximate surface area is 167 Å². The fraction of sp³-hybridized carbons (Fsp3) is 0.682. The van der Waals surface area contributed by atoms with Crippen LogP contribution in [0.2, 0.25) is 0 Å². The first kappa shape index (κ1) is 19.4. The molecule has 0 radical (unpaired) electrons. The Kier molecular flexibility index (Phi) is 5.67. The topological polar surface area (TPSA) is 56.8 Å². The SMILES string of the molecule is CN(CC(=O)N1CC[C@]2(CCCN(C3CCCC3)C2=O)C1)Cc1ccccn1. The molecule has 6 nitrogen and oxygen atoms in total. The van der Waals surface area contributed by atoms with Gasteiger partial charge in [0.2, 0.25) is 11.8 Å². The first-order valence-corrected chi connectivity index (χ1v) is 10.7. The number of rotatable bonds is 5. The average molecular weight is 385 g/mol. The van der Waals surface area contributed by atoms with Crippen molar-refractivity contribution < 1.29 is 9.59 Å². The van der Waals surface area contributed by atoms with Gasteiger partial charge in [-0.2, -0.15) is 0 Å². The molecule has 1 aliphatic carbocycles. The minimum atomic E-state index is -0.323. The van der Waals surface area contributed by atoms with Crippen molar-refractivity contribution in [2.75, 3.05) is 33.2 Å². The molecule has 28 heavy (non-hydrogen) atoms. The van der Waals surface area contributed by atoms with Crippen molar-refractivity contribution in [2.45, 2.75) is 57.5 Å². The normalized spacial score (nSPS) is 26.0. The molecular weight excluding hydrogens is 352 g/mol. The number of hydrogen-bond acceptors (Lipinski definition) is 4. The van der Waals surface area contributed by atoms with E-state index in [4.69, 9.17) is 0 Å². The summed E-state index contributed by atoms with van der Waals surface area (Å²) in [5.41, 5.74) is 0.640. The van der Waals surface area contributed by atoms with Crippen LogP contribution in [0, 0.1) is 5.41 Å². The minimum absolute atomic E-state index is 0.126. The summed E-state index contributed by atoms with van der Waals surface area (Å²) in [7, 11) is 1.95. The van der Waals surface area contributed by atoms with E-state index in [2.05, 4.69) is 9.88 Å². The van der Waals surface area contributed by atoms with E-state index in [0.717, 1.165) is 44.3 Å². The van der Waals surface area contributed by atoms with Gasteiger partial charge in [-0.15, -0.1) is 0 Å². The lowest BCUT2D eigenvalue weighted by atomic mass is 9.77. The highest BCUT2D eigenvalue weighted by molar-refractivity contribution is 5.86. The van der Waals surface area contributed by atoms with E-state index in [9.17, 15) is 9.59 Å². The van der Waals surface area contributed by atoms with Crippen LogP contribution in [0.4, 0.5) is 0 Å². The van der Waals surface area contributed by atoms with E-state index in [1.807, 2.05) is 35.0 Å². The molecule has 1 aromatic heterocycles. The Hall–Kier alpha value is -1.95. The first-order valence-electron chi connectivity index (χ1n) is 10.7. The second-order valence-corrected chi connectivity index (χ2v) is 8.88. The van der Waals surface area contributed by atoms with E-state index in [1.165, 1.54) is 12.8 Å². The number of piperidine rings is 1. The number of amides is 2. The molecular formula is C22H32N4O2. The standard InChI is InChI=1S/C22H32N4O2/c1-24(15-18-7-4-5-12-23-18)16-20(27)25-14-11-22(17-25)10-6-13-26(21(22)28)19-8-2-3-9-19/h4-5,7,12,19H,2-3,6,8-11,13-17H2,1H3/t22-/m1/s1. The minimum Gasteiger partial charge on any atom is -0.340 e. The molecule has 1 atom stereocenters. The van der Waals surface area contributed by atoms with Gasteiger partial charge in [0.1, 0.15) is 0 Å². The highest BCUT2D eigenvalue weighted by Gasteiger charge is 2.50. The van der Waals surface area contributed by atoms with Gasteiger partial charge in [-0.1, -0.05) is 18.9 Å². The zero-order valence-electron chi connectivity index (χ0n) is 17.0. The molecule has 0 N–H and O–H groups in total. The Morgan fingerprint density at radius 3 is 2.79 bits per heavy atom. The molecule has 3 aliphatic rings. The van der Waals surface area contributed by atoms with Crippen LogP contribution in [0.1, 0.15) is 50.6 Å². The number of hydrogen-bond donors (Lipinski definition) is 0. The van der Waals surface area contributed by atoms with Gasteiger partial charge in [-0.3, -0.25) is 19.5 Å². The number of aromatic nitrogens is 1. The van der Waals surface area contributed by atoms with E-state index in [-0.39, 0.29) is 11.3 Å². The summed E-state index contributed by atoms with van der Waals surface area (Å²) in [5.74, 6) is 0.448. The Balaban J connectivity index is 1.34. The molecule has 2 aliphatic heterocycles. The van der Waals surface area contributed by atoms with Crippen molar-refractivity contribution in [3.63, 3.8) is 0 Å². The molecule has 1 aromatic rings. The zero-order chi connectivity index (χ0) is 19.6. The van der Waals surface area contributed by atoms with Gasteiger partial charge in [0.25, 0.3) is 0 Å². The molecule has 4 rings (SSSR count). The Morgan fingerprint density at radius 1 is 1.21 bits per heavy atom. The van der Waals surface area contributed by atoms with Crippen molar-refractivity contribution in [3.05, 3.63) is 30.1 Å². The fourth-order valence-corrected chi connectivity index (χ4v) is 5.28. The highest BCUT2D eigenvalue weighted by Crippen LogP contribution is 2.42. The highest BCUT2D eigenvalue weighted by atomic mass is 16.2. The van der Waals surface area contributed by atoms with E-state index < -0.39 is 0 Å². The number of carbonyl (C=O) groups excluding carboxylic acids is 2. The summed E-state index contributed by atoms with van der Waals surface area (Å²) in [5, 5.41) is 0. The lowest BCUT2D eigenvalue weighted by Gasteiger charge is -2.42. The quantitative estimate of drug-likeness (QED) is 0.782. The van der Waals surface area contributed by atoms with E-state index >= 15 is 0 Å². The number of likely N-dealkylation sites (N-methyl/N-ethyl adjacent to an activating group) is 1. The Morgan fingerprint density at radius 2 is 2.04 bits per heavy atom. The van der Waals surface area contributed by atoms with Gasteiger partial charge in [0, 0.05) is 38.4 Å². The largest absolute Gasteiger partial charge is 0.340 e. The third-order valence-electron chi connectivity index (χ3n) is 6.80. The molecule has 1 saturated carbocycles. The molecule has 152 valence electrons. The maximum absolute atomic E-state index is 13.3. The number of likely N-dealkylation sites (tertiary alicyclic amines) is 2. The van der Waals surface area contributed by atoms with Gasteiger partial charge in [0.15, 0.2) is 0 Å². The second-order valence-electron chi connectivity index (χ2n) is 8.88. The molecule has 2 saturated heterocycles. The van der Waals surface area contributed by atoms with Crippen LogP contribution >= 0.6 is 0 Å². The van der Waals surface area contributed by atoms with Crippen molar-refractivity contribution in [2.24, 2.45) is 5.41 Å². The third kappa shape index (κ3) is 3.93. The summed E-state index contributed by atoms with van der Waals surface area (Å²) in [6.07, 6.45) is 9.41. The molecule has 3 heterocycles. The maximum atomic E-state index is 13.3. The van der Waals surface area contributed by atoms with Crippen LogP contribution in [0.15, 0.2) is 24.4 Å². The molecule has 1 spiro atoms. The molecule has 2 amide bonds. The Bertz CT molecular complexity index is 704. The van der Waals surface area contributed by atoms with Crippen molar-refractivity contribution in [1.82, 2.24) is 19.7 Å². The molecule has 3 fully saturated rings. The molecule has 6 heteroatoms. The van der Waals surface area contributed by atoms with Gasteiger partial charge in [-0.25, -0.2) is 0 Å². The van der Waals surface area contributed by atoms with Crippen molar-refractivity contribution >= 4 is 11.8 Å². The number of pyridine rings is 1. The summed E-state index contributed by atoms with van der Waals surface area (Å²) in [6, 6.07) is 6.28. The zero-order valence-corrected chi connectivity index (χ0v) is 17.0. The van der Waals surface area contributed by atoms with Gasteiger partial charge in [-0.05, 0) is 51.3 Å². The lowest BCUT2D eigenvalue weighted by molar-refractivity contribution is -0.148. The van der Waals surface area contributed by atoms with Gasteiger partial charge >= 0.3 is 0 Å². The van der Waals surface area contributed by atoms with E-state index in [0.29, 0.717) is 38.1 Å². The van der Waals surface area contributed by atoms with Crippen molar-refractivity contribution in [1.29, 1.82) is 0 Å². The first-order chi connectivity index (χ1) is 13.6. The average Bonchev–Trinajstić information content (AvgIpc) is 3.36. The lowest BCUT2D eigenvalue weighted by Crippen LogP contribution is -2.53. The summed E-state index contributed by atoms with van der Waals surface area (Å²) in [6.45, 7) is 3.24. The summed E-state index contributed by atoms with van der Waals surface area (Å²) < 4.78 is 0. The van der Waals surface area contributed by atoms with Gasteiger partial charge < -0.3 is 9.80 Å². The third-order valence-corrected chi connectivity index (χ3v) is 6.80. The van der Waals surface area contributed by atoms with Crippen LogP contribution in [-0.2, 0) is 16.1 Å². The smallest absolute Gasteiger partial charge is 0.236 e. The van der Waals surface area contributed by atoms with Crippen molar-refractivity contribution in [3.8, 4) is 0 Å². The predicted molar refractivity (Wildman–Crippen MR) is 107 cm³/mol.